The number of nitrogens with zero attached hydrogens (tertiary/aromatic N) is 1. The third kappa shape index (κ3) is 3.03. The molecular formula is C8H16N2OS. The van der Waals surface area contributed by atoms with E-state index in [0.717, 1.165) is 31.8 Å². The summed E-state index contributed by atoms with van der Waals surface area (Å²) < 4.78 is 0. The molecule has 0 aromatic heterocycles. The number of piperazine rings is 1. The molecule has 0 aromatic rings. The molecule has 1 aliphatic heterocycles. The molecule has 0 spiro atoms. The van der Waals surface area contributed by atoms with Gasteiger partial charge in [-0.3, -0.25) is 4.79 Å². The van der Waals surface area contributed by atoms with E-state index in [-0.39, 0.29) is 5.91 Å². The van der Waals surface area contributed by atoms with E-state index in [1.54, 1.807) is 0 Å². The van der Waals surface area contributed by atoms with E-state index in [4.69, 9.17) is 0 Å². The summed E-state index contributed by atoms with van der Waals surface area (Å²) >= 11 is 1.84. The Morgan fingerprint density at radius 2 is 2.50 bits per heavy atom. The summed E-state index contributed by atoms with van der Waals surface area (Å²) in [6.07, 6.45) is 3.21. The first kappa shape index (κ1) is 9.86. The van der Waals surface area contributed by atoms with Gasteiger partial charge in [0, 0.05) is 19.6 Å². The minimum atomic E-state index is 0.252. The highest BCUT2D eigenvalue weighted by molar-refractivity contribution is 7.98. The largest absolute Gasteiger partial charge is 0.340 e. The molecule has 1 aliphatic rings. The number of nitrogens with one attached hydrogen (secondary N) is 1. The molecule has 0 aromatic carbocycles. The van der Waals surface area contributed by atoms with Crippen LogP contribution in [-0.4, -0.2) is 49.0 Å². The molecule has 1 N–H and O–H groups in total. The summed E-state index contributed by atoms with van der Waals surface area (Å²) in [6, 6.07) is 0. The Hall–Kier alpha value is -0.220. The fourth-order valence-corrected chi connectivity index (χ4v) is 1.70. The zero-order chi connectivity index (χ0) is 8.81. The monoisotopic (exact) mass is 188 g/mol. The third-order valence-electron chi connectivity index (χ3n) is 1.96. The number of hydrogen-bond acceptors (Lipinski definition) is 3. The van der Waals surface area contributed by atoms with E-state index in [2.05, 4.69) is 11.6 Å². The molecule has 0 aliphatic carbocycles. The normalized spacial score (nSPS) is 18.4. The molecule has 4 heteroatoms. The molecule has 1 saturated heterocycles. The Bertz CT molecular complexity index is 152. The molecule has 1 heterocycles. The van der Waals surface area contributed by atoms with Gasteiger partial charge in [0.15, 0.2) is 0 Å². The van der Waals surface area contributed by atoms with Crippen molar-refractivity contribution in [2.24, 2.45) is 0 Å². The fraction of sp³-hybridized carbons (Fsp3) is 0.875. The maximum Gasteiger partial charge on any atom is 0.236 e. The Balaban J connectivity index is 2.16. The molecule has 1 rings (SSSR count). The van der Waals surface area contributed by atoms with Crippen LogP contribution in [-0.2, 0) is 4.79 Å². The molecule has 0 atom stereocenters. The highest BCUT2D eigenvalue weighted by Gasteiger charge is 2.15. The van der Waals surface area contributed by atoms with Crippen LogP contribution in [0, 0.1) is 0 Å². The van der Waals surface area contributed by atoms with E-state index in [1.165, 1.54) is 0 Å². The lowest BCUT2D eigenvalue weighted by atomic mass is 10.3. The summed E-state index contributed by atoms with van der Waals surface area (Å²) in [6.45, 7) is 3.29. The quantitative estimate of drug-likeness (QED) is 0.638. The smallest absolute Gasteiger partial charge is 0.236 e. The van der Waals surface area contributed by atoms with Gasteiger partial charge in [-0.1, -0.05) is 0 Å². The van der Waals surface area contributed by atoms with Gasteiger partial charge in [0.1, 0.15) is 0 Å². The van der Waals surface area contributed by atoms with Crippen LogP contribution in [0.3, 0.4) is 0 Å². The van der Waals surface area contributed by atoms with Gasteiger partial charge in [0.2, 0.25) is 5.91 Å². The zero-order valence-corrected chi connectivity index (χ0v) is 8.32. The lowest BCUT2D eigenvalue weighted by Crippen LogP contribution is -2.48. The second kappa shape index (κ2) is 5.43. The molecule has 0 radical (unpaired) electrons. The molecule has 0 unspecified atom stereocenters. The number of carbonyl (C=O) groups is 1. The number of thioether (sulfide) groups is 1. The first-order chi connectivity index (χ1) is 5.84. The third-order valence-corrected chi connectivity index (χ3v) is 2.66. The van der Waals surface area contributed by atoms with E-state index < -0.39 is 0 Å². The maximum absolute atomic E-state index is 11.2. The summed E-state index contributed by atoms with van der Waals surface area (Å²) in [5.74, 6) is 1.40. The molecule has 70 valence electrons. The second-order valence-electron chi connectivity index (χ2n) is 2.90. The van der Waals surface area contributed by atoms with Crippen LogP contribution in [0.1, 0.15) is 6.42 Å². The van der Waals surface area contributed by atoms with Crippen LogP contribution >= 0.6 is 11.8 Å². The van der Waals surface area contributed by atoms with Crippen molar-refractivity contribution in [3.8, 4) is 0 Å². The van der Waals surface area contributed by atoms with Crippen LogP contribution in [0.15, 0.2) is 0 Å². The van der Waals surface area contributed by atoms with Gasteiger partial charge in [-0.05, 0) is 18.4 Å². The number of amides is 1. The average Bonchev–Trinajstić information content (AvgIpc) is 2.09. The maximum atomic E-state index is 11.2. The van der Waals surface area contributed by atoms with Crippen LogP contribution in [0.4, 0.5) is 0 Å². The summed E-state index contributed by atoms with van der Waals surface area (Å²) in [5.41, 5.74) is 0. The summed E-state index contributed by atoms with van der Waals surface area (Å²) in [4.78, 5) is 13.2. The minimum absolute atomic E-state index is 0.252. The van der Waals surface area contributed by atoms with Gasteiger partial charge in [-0.2, -0.15) is 11.8 Å². The lowest BCUT2D eigenvalue weighted by molar-refractivity contribution is -0.131. The van der Waals surface area contributed by atoms with E-state index in [9.17, 15) is 4.79 Å². The van der Waals surface area contributed by atoms with Crippen molar-refractivity contribution in [3.05, 3.63) is 0 Å². The highest BCUT2D eigenvalue weighted by atomic mass is 32.2. The van der Waals surface area contributed by atoms with Gasteiger partial charge in [-0.15, -0.1) is 0 Å². The van der Waals surface area contributed by atoms with Gasteiger partial charge in [0.05, 0.1) is 6.54 Å². The van der Waals surface area contributed by atoms with Crippen molar-refractivity contribution in [1.29, 1.82) is 0 Å². The first-order valence-electron chi connectivity index (χ1n) is 4.32. The first-order valence-corrected chi connectivity index (χ1v) is 5.71. The Morgan fingerprint density at radius 1 is 1.67 bits per heavy atom. The number of carbonyl (C=O) groups excluding carboxylic acids is 1. The van der Waals surface area contributed by atoms with E-state index in [0.29, 0.717) is 6.54 Å². The molecule has 12 heavy (non-hydrogen) atoms. The Morgan fingerprint density at radius 3 is 3.17 bits per heavy atom. The van der Waals surface area contributed by atoms with Crippen molar-refractivity contribution in [3.63, 3.8) is 0 Å². The van der Waals surface area contributed by atoms with Gasteiger partial charge < -0.3 is 10.2 Å². The topological polar surface area (TPSA) is 32.3 Å². The summed E-state index contributed by atoms with van der Waals surface area (Å²) in [5, 5.41) is 3.06. The van der Waals surface area contributed by atoms with Crippen molar-refractivity contribution >= 4 is 17.7 Å². The highest BCUT2D eigenvalue weighted by Crippen LogP contribution is 2.00. The Kier molecular flexibility index (Phi) is 4.46. The van der Waals surface area contributed by atoms with Crippen LogP contribution in [0.2, 0.25) is 0 Å². The van der Waals surface area contributed by atoms with Crippen LogP contribution in [0.25, 0.3) is 0 Å². The van der Waals surface area contributed by atoms with Crippen molar-refractivity contribution in [2.75, 3.05) is 38.2 Å². The minimum Gasteiger partial charge on any atom is -0.340 e. The number of rotatable bonds is 4. The van der Waals surface area contributed by atoms with Crippen LogP contribution in [0.5, 0.6) is 0 Å². The molecule has 1 fully saturated rings. The molecule has 0 saturated carbocycles. The van der Waals surface area contributed by atoms with Crippen LogP contribution < -0.4 is 5.32 Å². The number of hydrogen-bond donors (Lipinski definition) is 1. The summed E-state index contributed by atoms with van der Waals surface area (Å²) in [7, 11) is 0. The van der Waals surface area contributed by atoms with Gasteiger partial charge in [-0.25, -0.2) is 0 Å². The Labute approximate surface area is 77.9 Å². The second-order valence-corrected chi connectivity index (χ2v) is 3.89. The molecular weight excluding hydrogens is 172 g/mol. The lowest BCUT2D eigenvalue weighted by Gasteiger charge is -2.27. The van der Waals surface area contributed by atoms with Crippen molar-refractivity contribution in [1.82, 2.24) is 10.2 Å². The average molecular weight is 188 g/mol. The SMILES string of the molecule is CSCCCN1CCNCC1=O. The van der Waals surface area contributed by atoms with Gasteiger partial charge in [0.25, 0.3) is 0 Å². The fourth-order valence-electron chi connectivity index (χ4n) is 1.28. The standard InChI is InChI=1S/C8H16N2OS/c1-12-6-2-4-10-5-3-9-7-8(10)11/h9H,2-7H2,1H3. The zero-order valence-electron chi connectivity index (χ0n) is 7.51. The van der Waals surface area contributed by atoms with Gasteiger partial charge >= 0.3 is 0 Å². The molecule has 1 amide bonds. The predicted molar refractivity (Wildman–Crippen MR) is 52.4 cm³/mol. The predicted octanol–water partition coefficient (Wildman–Crippen LogP) is 0.171. The molecule has 3 nitrogen and oxygen atoms in total. The molecule has 0 bridgehead atoms. The van der Waals surface area contributed by atoms with Crippen molar-refractivity contribution < 1.29 is 4.79 Å². The van der Waals surface area contributed by atoms with E-state index >= 15 is 0 Å². The van der Waals surface area contributed by atoms with E-state index in [1.807, 2.05) is 16.7 Å². The van der Waals surface area contributed by atoms with Crippen molar-refractivity contribution in [2.45, 2.75) is 6.42 Å².